The fraction of sp³-hybridized carbons (Fsp3) is 0.261. The van der Waals surface area contributed by atoms with Gasteiger partial charge in [0.1, 0.15) is 5.01 Å². The van der Waals surface area contributed by atoms with Gasteiger partial charge in [-0.15, -0.1) is 11.3 Å². The predicted octanol–water partition coefficient (Wildman–Crippen LogP) is 5.39. The highest BCUT2D eigenvalue weighted by Crippen LogP contribution is 2.26. The van der Waals surface area contributed by atoms with Crippen molar-refractivity contribution in [3.63, 3.8) is 0 Å². The lowest BCUT2D eigenvalue weighted by molar-refractivity contribution is -0.148. The first-order valence-corrected chi connectivity index (χ1v) is 10.4. The summed E-state index contributed by atoms with van der Waals surface area (Å²) in [7, 11) is 0. The fourth-order valence-corrected chi connectivity index (χ4v) is 3.73. The number of carbonyl (C=O) groups is 2. The molecule has 0 unspecified atom stereocenters. The number of hydrogen-bond donors (Lipinski definition) is 1. The molecule has 0 spiro atoms. The third kappa shape index (κ3) is 5.29. The van der Waals surface area contributed by atoms with E-state index in [1.54, 1.807) is 13.0 Å². The van der Waals surface area contributed by atoms with Crippen molar-refractivity contribution in [3.05, 3.63) is 65.2 Å². The number of fused-ring (bicyclic) bond motifs is 1. The Kier molecular flexibility index (Phi) is 6.77. The minimum absolute atomic E-state index is 0.320. The van der Waals surface area contributed by atoms with Gasteiger partial charge in [-0.3, -0.25) is 4.79 Å². The van der Waals surface area contributed by atoms with Gasteiger partial charge < -0.3 is 10.1 Å². The van der Waals surface area contributed by atoms with Crippen LogP contribution in [0.3, 0.4) is 0 Å². The molecule has 3 rings (SSSR count). The van der Waals surface area contributed by atoms with Crippen LogP contribution in [0.15, 0.2) is 54.6 Å². The van der Waals surface area contributed by atoms with Crippen LogP contribution < -0.4 is 5.32 Å². The average molecular weight is 409 g/mol. The van der Waals surface area contributed by atoms with E-state index in [2.05, 4.69) is 24.1 Å². The molecule has 0 radical (unpaired) electrons. The molecule has 2 aromatic carbocycles. The minimum atomic E-state index is -0.910. The van der Waals surface area contributed by atoms with Crippen LogP contribution in [0.2, 0.25) is 0 Å². The molecule has 0 aliphatic rings. The highest BCUT2D eigenvalue weighted by molar-refractivity contribution is 7.19. The third-order valence-electron chi connectivity index (χ3n) is 4.70. The smallest absolute Gasteiger partial charge is 0.331 e. The van der Waals surface area contributed by atoms with Crippen LogP contribution in [0.5, 0.6) is 0 Å². The van der Waals surface area contributed by atoms with Crippen LogP contribution in [-0.4, -0.2) is 23.0 Å². The van der Waals surface area contributed by atoms with Crippen LogP contribution in [0.25, 0.3) is 16.3 Å². The molecule has 1 N–H and O–H groups in total. The zero-order chi connectivity index (χ0) is 20.8. The van der Waals surface area contributed by atoms with E-state index in [1.165, 1.54) is 17.4 Å². The molecule has 150 valence electrons. The number of benzene rings is 2. The molecule has 3 aromatic rings. The highest BCUT2D eigenvalue weighted by atomic mass is 32.1. The van der Waals surface area contributed by atoms with Gasteiger partial charge in [-0.25, -0.2) is 9.78 Å². The second kappa shape index (κ2) is 9.47. The molecule has 5 nitrogen and oxygen atoms in total. The number of rotatable bonds is 7. The summed E-state index contributed by atoms with van der Waals surface area (Å²) in [6.45, 7) is 5.78. The largest absolute Gasteiger partial charge is 0.449 e. The molecule has 0 bridgehead atoms. The lowest BCUT2D eigenvalue weighted by Gasteiger charge is -2.17. The molecule has 29 heavy (non-hydrogen) atoms. The summed E-state index contributed by atoms with van der Waals surface area (Å²) in [6.07, 6.45) is 2.96. The van der Waals surface area contributed by atoms with Crippen LogP contribution in [0.1, 0.15) is 43.7 Å². The molecular weight excluding hydrogens is 384 g/mol. The first-order valence-electron chi connectivity index (χ1n) is 9.62. The summed E-state index contributed by atoms with van der Waals surface area (Å²) >= 11 is 1.49. The van der Waals surface area contributed by atoms with Crippen molar-refractivity contribution in [2.24, 2.45) is 0 Å². The standard InChI is InChI=1S/C23H24N2O3S/c1-4-15(2)17-9-5-6-10-18(17)25-23(27)16(3)28-22(26)14-13-21-24-19-11-7-8-12-20(19)29-21/h5-16H,4H2,1-3H3,(H,25,27)/b14-13+/t15-,16-/m0/s1. The van der Waals surface area contributed by atoms with Crippen LogP contribution in [-0.2, 0) is 14.3 Å². The van der Waals surface area contributed by atoms with Gasteiger partial charge in [0, 0.05) is 11.8 Å². The van der Waals surface area contributed by atoms with Crippen LogP contribution in [0, 0.1) is 0 Å². The van der Waals surface area contributed by atoms with Crippen molar-refractivity contribution >= 4 is 45.2 Å². The summed E-state index contributed by atoms with van der Waals surface area (Å²) < 4.78 is 6.30. The van der Waals surface area contributed by atoms with E-state index in [1.807, 2.05) is 48.5 Å². The summed E-state index contributed by atoms with van der Waals surface area (Å²) in [5, 5.41) is 3.58. The van der Waals surface area contributed by atoms with E-state index in [4.69, 9.17) is 4.74 Å². The molecular formula is C23H24N2O3S. The van der Waals surface area contributed by atoms with Gasteiger partial charge >= 0.3 is 5.97 Å². The van der Waals surface area contributed by atoms with Crippen LogP contribution >= 0.6 is 11.3 Å². The van der Waals surface area contributed by atoms with E-state index in [0.717, 1.165) is 27.9 Å². The fourth-order valence-electron chi connectivity index (χ4n) is 2.86. The Morgan fingerprint density at radius 2 is 1.86 bits per heavy atom. The first kappa shape index (κ1) is 20.7. The maximum atomic E-state index is 12.5. The second-order valence-corrected chi connectivity index (χ2v) is 7.88. The monoisotopic (exact) mass is 408 g/mol. The number of amides is 1. The van der Waals surface area contributed by atoms with E-state index in [9.17, 15) is 9.59 Å². The second-order valence-electron chi connectivity index (χ2n) is 6.82. The lowest BCUT2D eigenvalue weighted by atomic mass is 9.97. The minimum Gasteiger partial charge on any atom is -0.449 e. The molecule has 1 aromatic heterocycles. The Bertz CT molecular complexity index is 1010. The lowest BCUT2D eigenvalue weighted by Crippen LogP contribution is -2.29. The number of thiazole rings is 1. The molecule has 2 atom stereocenters. The first-order chi connectivity index (χ1) is 14.0. The Hall–Kier alpha value is -2.99. The number of esters is 1. The number of hydrogen-bond acceptors (Lipinski definition) is 5. The summed E-state index contributed by atoms with van der Waals surface area (Å²) in [5.41, 5.74) is 2.70. The van der Waals surface area contributed by atoms with Crippen molar-refractivity contribution in [2.45, 2.75) is 39.2 Å². The van der Waals surface area contributed by atoms with Crippen molar-refractivity contribution in [2.75, 3.05) is 5.32 Å². The van der Waals surface area contributed by atoms with E-state index in [-0.39, 0.29) is 5.91 Å². The van der Waals surface area contributed by atoms with Gasteiger partial charge in [0.15, 0.2) is 6.10 Å². The summed E-state index contributed by atoms with van der Waals surface area (Å²) in [6, 6.07) is 15.5. The summed E-state index contributed by atoms with van der Waals surface area (Å²) in [4.78, 5) is 29.0. The highest BCUT2D eigenvalue weighted by Gasteiger charge is 2.19. The average Bonchev–Trinajstić information content (AvgIpc) is 3.15. The molecule has 1 heterocycles. The van der Waals surface area contributed by atoms with E-state index < -0.39 is 12.1 Å². The Morgan fingerprint density at radius 3 is 2.62 bits per heavy atom. The number of nitrogens with one attached hydrogen (secondary N) is 1. The van der Waals surface area contributed by atoms with Crippen molar-refractivity contribution in [1.29, 1.82) is 0 Å². The normalized spacial score (nSPS) is 13.3. The van der Waals surface area contributed by atoms with E-state index >= 15 is 0 Å². The van der Waals surface area contributed by atoms with Gasteiger partial charge in [0.2, 0.25) is 0 Å². The molecule has 0 saturated heterocycles. The van der Waals surface area contributed by atoms with Gasteiger partial charge in [-0.2, -0.15) is 0 Å². The zero-order valence-electron chi connectivity index (χ0n) is 16.7. The number of anilines is 1. The quantitative estimate of drug-likeness (QED) is 0.420. The number of para-hydroxylation sites is 2. The summed E-state index contributed by atoms with van der Waals surface area (Å²) in [5.74, 6) is -0.620. The predicted molar refractivity (Wildman–Crippen MR) is 118 cm³/mol. The molecule has 0 fully saturated rings. The third-order valence-corrected chi connectivity index (χ3v) is 5.70. The van der Waals surface area contributed by atoms with Crippen molar-refractivity contribution in [3.8, 4) is 0 Å². The van der Waals surface area contributed by atoms with Gasteiger partial charge in [0.25, 0.3) is 5.91 Å². The molecule has 0 aliphatic carbocycles. The maximum absolute atomic E-state index is 12.5. The number of carbonyl (C=O) groups excluding carboxylic acids is 2. The van der Waals surface area contributed by atoms with E-state index in [0.29, 0.717) is 10.9 Å². The van der Waals surface area contributed by atoms with Crippen LogP contribution in [0.4, 0.5) is 5.69 Å². The zero-order valence-corrected chi connectivity index (χ0v) is 17.5. The number of nitrogens with zero attached hydrogens (tertiary/aromatic N) is 1. The Labute approximate surface area is 174 Å². The molecule has 0 aliphatic heterocycles. The Morgan fingerprint density at radius 1 is 1.14 bits per heavy atom. The van der Waals surface area contributed by atoms with Gasteiger partial charge in [-0.05, 0) is 49.1 Å². The molecule has 6 heteroatoms. The molecule has 1 amide bonds. The molecule has 0 saturated carbocycles. The number of ether oxygens (including phenoxy) is 1. The Balaban J connectivity index is 1.60. The van der Waals surface area contributed by atoms with Crippen molar-refractivity contribution in [1.82, 2.24) is 4.98 Å². The maximum Gasteiger partial charge on any atom is 0.331 e. The SMILES string of the molecule is CC[C@H](C)c1ccccc1NC(=O)[C@H](C)OC(=O)/C=C/c1nc2ccccc2s1. The topological polar surface area (TPSA) is 68.3 Å². The van der Waals surface area contributed by atoms with Gasteiger partial charge in [0.05, 0.1) is 10.2 Å². The van der Waals surface area contributed by atoms with Crippen molar-refractivity contribution < 1.29 is 14.3 Å². The van der Waals surface area contributed by atoms with Gasteiger partial charge in [-0.1, -0.05) is 44.2 Å². The number of aromatic nitrogens is 1.